The molecule has 1 N–H and O–H groups in total. The first-order valence-corrected chi connectivity index (χ1v) is 7.24. The first-order chi connectivity index (χ1) is 12.5. The Morgan fingerprint density at radius 3 is 2.54 bits per heavy atom. The Morgan fingerprint density at radius 2 is 1.96 bits per heavy atom. The summed E-state index contributed by atoms with van der Waals surface area (Å²) in [7, 11) is -2.92. The number of aromatic nitrogens is 1. The predicted molar refractivity (Wildman–Crippen MR) is 83.7 cm³/mol. The van der Waals surface area contributed by atoms with Gasteiger partial charge in [0.15, 0.2) is 23.9 Å². The van der Waals surface area contributed by atoms with Crippen LogP contribution >= 0.6 is 23.2 Å². The van der Waals surface area contributed by atoms with E-state index >= 15 is 0 Å². The summed E-state index contributed by atoms with van der Waals surface area (Å²) in [5.41, 5.74) is 0.422. The van der Waals surface area contributed by atoms with E-state index in [2.05, 4.69) is 9.47 Å². The van der Waals surface area contributed by atoms with Crippen LogP contribution in [0.15, 0.2) is 30.6 Å². The number of aliphatic hydroxyl groups is 1. The molecule has 0 fully saturated rings. The molecule has 2 rings (SSSR count). The summed E-state index contributed by atoms with van der Waals surface area (Å²) < 4.78 is 55.6. The Labute approximate surface area is 150 Å². The van der Waals surface area contributed by atoms with E-state index in [0.717, 1.165) is 24.5 Å². The van der Waals surface area contributed by atoms with Gasteiger partial charge in [-0.25, -0.2) is 0 Å². The number of benzene rings is 1. The SMILES string of the molecule is [2H]C([2H])([2H])Oc1cc(C(O)Cc2c(Cl)c[n+]([O-])cc2Cl)ccc1OC(F)F. The second-order valence-electron chi connectivity index (χ2n) is 4.70. The van der Waals surface area contributed by atoms with Crippen LogP contribution in [0, 0.1) is 5.21 Å². The number of methoxy groups -OCH3 is 1. The van der Waals surface area contributed by atoms with Crippen molar-refractivity contribution in [2.24, 2.45) is 0 Å². The first-order valence-electron chi connectivity index (χ1n) is 7.99. The maximum absolute atomic E-state index is 12.5. The molecule has 0 radical (unpaired) electrons. The van der Waals surface area contributed by atoms with Crippen LogP contribution in [0.1, 0.15) is 21.3 Å². The van der Waals surface area contributed by atoms with Crippen LogP contribution in [0.2, 0.25) is 10.0 Å². The Hall–Kier alpha value is -1.83. The van der Waals surface area contributed by atoms with Crippen LogP contribution in [0.25, 0.3) is 0 Å². The summed E-state index contributed by atoms with van der Waals surface area (Å²) in [6, 6.07) is 3.37. The summed E-state index contributed by atoms with van der Waals surface area (Å²) in [5, 5.41) is 21.7. The predicted octanol–water partition coefficient (Wildman–Crippen LogP) is 3.51. The van der Waals surface area contributed by atoms with E-state index in [1.54, 1.807) is 0 Å². The molecular weight excluding hydrogens is 367 g/mol. The number of nitrogens with zero attached hydrogens (tertiary/aromatic N) is 1. The Kier molecular flexibility index (Phi) is 4.73. The molecule has 130 valence electrons. The number of ether oxygens (including phenoxy) is 2. The number of hydrogen-bond donors (Lipinski definition) is 1. The van der Waals surface area contributed by atoms with E-state index in [1.165, 1.54) is 6.07 Å². The van der Waals surface area contributed by atoms with Gasteiger partial charge in [-0.1, -0.05) is 29.3 Å². The second kappa shape index (κ2) is 7.83. The minimum Gasteiger partial charge on any atom is -0.619 e. The van der Waals surface area contributed by atoms with Crippen molar-refractivity contribution in [3.05, 3.63) is 57.0 Å². The van der Waals surface area contributed by atoms with E-state index in [0.29, 0.717) is 4.73 Å². The van der Waals surface area contributed by atoms with Gasteiger partial charge < -0.3 is 19.8 Å². The summed E-state index contributed by atoms with van der Waals surface area (Å²) in [6.07, 6.45) is 0.735. The van der Waals surface area contributed by atoms with Crippen molar-refractivity contribution in [3.8, 4) is 11.5 Å². The lowest BCUT2D eigenvalue weighted by molar-refractivity contribution is -0.605. The van der Waals surface area contributed by atoms with Crippen LogP contribution in [0.3, 0.4) is 0 Å². The molecule has 0 aliphatic rings. The zero-order chi connectivity index (χ0) is 20.4. The molecule has 2 aromatic rings. The van der Waals surface area contributed by atoms with Crippen molar-refractivity contribution in [2.45, 2.75) is 19.1 Å². The third kappa shape index (κ3) is 4.37. The summed E-state index contributed by atoms with van der Waals surface area (Å²) in [6.45, 7) is -3.19. The lowest BCUT2D eigenvalue weighted by atomic mass is 10.0. The van der Waals surface area contributed by atoms with Crippen molar-refractivity contribution in [2.75, 3.05) is 7.04 Å². The molecule has 5 nitrogen and oxygen atoms in total. The van der Waals surface area contributed by atoms with Crippen molar-refractivity contribution in [1.82, 2.24) is 0 Å². The fourth-order valence-corrected chi connectivity index (χ4v) is 2.64. The molecule has 0 saturated carbocycles. The number of aliphatic hydroxyl groups excluding tert-OH is 1. The average Bonchev–Trinajstić information content (AvgIpc) is 2.50. The second-order valence-corrected chi connectivity index (χ2v) is 5.51. The highest BCUT2D eigenvalue weighted by Crippen LogP contribution is 2.34. The largest absolute Gasteiger partial charge is 0.619 e. The molecule has 0 bridgehead atoms. The van der Waals surface area contributed by atoms with Gasteiger partial charge in [0, 0.05) is 12.0 Å². The van der Waals surface area contributed by atoms with Crippen molar-refractivity contribution in [1.29, 1.82) is 0 Å². The molecule has 1 unspecified atom stereocenters. The van der Waals surface area contributed by atoms with E-state index in [4.69, 9.17) is 27.3 Å². The minimum atomic E-state index is -3.19. The zero-order valence-electron chi connectivity index (χ0n) is 14.9. The summed E-state index contributed by atoms with van der Waals surface area (Å²) in [4.78, 5) is 0. The number of pyridine rings is 1. The molecule has 1 aromatic heterocycles. The van der Waals surface area contributed by atoms with E-state index < -0.39 is 31.3 Å². The highest BCUT2D eigenvalue weighted by atomic mass is 35.5. The zero-order valence-corrected chi connectivity index (χ0v) is 13.4. The number of halogens is 4. The Balaban J connectivity index is 2.33. The van der Waals surface area contributed by atoms with Gasteiger partial charge in [-0.3, -0.25) is 0 Å². The van der Waals surface area contributed by atoms with Gasteiger partial charge >= 0.3 is 6.61 Å². The van der Waals surface area contributed by atoms with Gasteiger partial charge in [0.25, 0.3) is 0 Å². The van der Waals surface area contributed by atoms with Crippen LogP contribution in [-0.4, -0.2) is 18.8 Å². The quantitative estimate of drug-likeness (QED) is 0.613. The van der Waals surface area contributed by atoms with Gasteiger partial charge in [0.05, 0.1) is 17.3 Å². The molecule has 0 saturated heterocycles. The topological polar surface area (TPSA) is 65.6 Å². The molecule has 0 amide bonds. The fourth-order valence-electron chi connectivity index (χ4n) is 2.04. The van der Waals surface area contributed by atoms with Crippen LogP contribution in [-0.2, 0) is 6.42 Å². The average molecular weight is 383 g/mol. The normalized spacial score (nSPS) is 14.7. The smallest absolute Gasteiger partial charge is 0.387 e. The number of alkyl halides is 2. The third-order valence-corrected chi connectivity index (χ3v) is 3.79. The molecular formula is C15H13Cl2F2NO4. The molecule has 24 heavy (non-hydrogen) atoms. The van der Waals surface area contributed by atoms with E-state index in [9.17, 15) is 19.1 Å². The summed E-state index contributed by atoms with van der Waals surface area (Å²) >= 11 is 11.9. The van der Waals surface area contributed by atoms with Crippen LogP contribution in [0.5, 0.6) is 11.5 Å². The van der Waals surface area contributed by atoms with Crippen LogP contribution < -0.4 is 14.2 Å². The summed E-state index contributed by atoms with van der Waals surface area (Å²) in [5.74, 6) is -0.991. The van der Waals surface area contributed by atoms with E-state index in [-0.39, 0.29) is 27.6 Å². The lowest BCUT2D eigenvalue weighted by Crippen LogP contribution is -2.25. The van der Waals surface area contributed by atoms with Gasteiger partial charge in [-0.15, -0.1) is 0 Å². The fraction of sp³-hybridized carbons (Fsp3) is 0.267. The lowest BCUT2D eigenvalue weighted by Gasteiger charge is -2.16. The molecule has 1 heterocycles. The van der Waals surface area contributed by atoms with Crippen LogP contribution in [0.4, 0.5) is 8.78 Å². The highest BCUT2D eigenvalue weighted by molar-refractivity contribution is 6.35. The first kappa shape index (κ1) is 14.5. The third-order valence-electron chi connectivity index (χ3n) is 3.13. The van der Waals surface area contributed by atoms with E-state index in [1.807, 2.05) is 0 Å². The van der Waals surface area contributed by atoms with Gasteiger partial charge in [0.2, 0.25) is 0 Å². The monoisotopic (exact) mass is 382 g/mol. The van der Waals surface area contributed by atoms with Crippen molar-refractivity contribution in [3.63, 3.8) is 0 Å². The standard InChI is InChI=1S/C15H13Cl2F2NO4/c1-23-14-4-8(2-3-13(14)24-15(18)19)12(21)5-9-10(16)6-20(22)7-11(9)17/h2-4,6-7,12,15,21H,5H2,1H3/i1D3. The highest BCUT2D eigenvalue weighted by Gasteiger charge is 2.19. The molecule has 0 aliphatic heterocycles. The molecule has 0 spiro atoms. The minimum absolute atomic E-state index is 0.0215. The molecule has 9 heteroatoms. The number of hydrogen-bond acceptors (Lipinski definition) is 4. The molecule has 1 atom stereocenters. The van der Waals surface area contributed by atoms with Crippen molar-refractivity contribution < 1.29 is 32.2 Å². The molecule has 1 aromatic carbocycles. The maximum Gasteiger partial charge on any atom is 0.387 e. The maximum atomic E-state index is 12.5. The Morgan fingerprint density at radius 1 is 1.29 bits per heavy atom. The number of rotatable bonds is 6. The van der Waals surface area contributed by atoms with Gasteiger partial charge in [-0.05, 0) is 17.7 Å². The Bertz CT molecular complexity index is 801. The van der Waals surface area contributed by atoms with Crippen molar-refractivity contribution >= 4 is 23.2 Å². The molecule has 0 aliphatic carbocycles. The van der Waals surface area contributed by atoms with Gasteiger partial charge in [0.1, 0.15) is 10.0 Å². The van der Waals surface area contributed by atoms with Gasteiger partial charge in [-0.2, -0.15) is 13.5 Å².